The number of thiazole rings is 1. The van der Waals surface area contributed by atoms with E-state index < -0.39 is 76.4 Å². The molecule has 3 fully saturated rings. The number of aliphatic hydroxyl groups is 1. The van der Waals surface area contributed by atoms with E-state index >= 15 is 0 Å². The molecule has 3 aliphatic heterocycles. The number of allylic oxidation sites excluding steroid dienone is 1. The number of alkyl halides is 3. The molecule has 26 heteroatoms. The van der Waals surface area contributed by atoms with Crippen LogP contribution in [0.1, 0.15) is 139 Å². The van der Waals surface area contributed by atoms with E-state index in [9.17, 15) is 49.5 Å². The first-order valence-corrected chi connectivity index (χ1v) is 41.1. The average molecular weight is 1510 g/mol. The Morgan fingerprint density at radius 3 is 2.08 bits per heavy atom. The number of nitrogens with one attached hydrogen (secondary N) is 4. The van der Waals surface area contributed by atoms with E-state index in [0.29, 0.717) is 36.4 Å². The highest BCUT2D eigenvalue weighted by atomic mass is 35.5. The first kappa shape index (κ1) is 79.2. The van der Waals surface area contributed by atoms with Gasteiger partial charge < -0.3 is 40.7 Å². The zero-order valence-corrected chi connectivity index (χ0v) is 64.1. The van der Waals surface area contributed by atoms with Crippen LogP contribution in [0.4, 0.5) is 24.5 Å². The SMILES string of the molecule is Cc1ncsc1-c1ccc([C@H](C)NC(=O)[C@@H]2C[C@@H](O)CN2C(=O)[C@@H](NCCCCCCCN2CCN(CC[C@H](CSc3ccccc3)Nc3ccc(S(=O)(=O)NC(=O)c4ccc(N5CCN(CC6=C(c7ccc(Cl)cc7)CCC(C)(C)C6)CC5)cc4)cc3S(=O)(=O)C(F)(F)F)CC2)C(C)(C)C)cc1. The number of nitrogens with zero attached hydrogens (tertiary/aromatic N) is 6. The number of hydrogen-bond acceptors (Lipinski definition) is 17. The minimum absolute atomic E-state index is 0.0155. The minimum Gasteiger partial charge on any atom is -0.391 e. The third-order valence-corrected chi connectivity index (χ3v) is 25.6. The Hall–Kier alpha value is -6.39. The second kappa shape index (κ2) is 34.9. The summed E-state index contributed by atoms with van der Waals surface area (Å²) in [6, 6.07) is 32.2. The highest BCUT2D eigenvalue weighted by Crippen LogP contribution is 2.44. The summed E-state index contributed by atoms with van der Waals surface area (Å²) in [6.45, 7) is 23.8. The van der Waals surface area contributed by atoms with Crippen LogP contribution in [-0.2, 0) is 29.4 Å². The van der Waals surface area contributed by atoms with Crippen molar-refractivity contribution >= 4 is 89.2 Å². The number of hydrogen-bond donors (Lipinski definition) is 5. The van der Waals surface area contributed by atoms with E-state index in [4.69, 9.17) is 11.6 Å². The molecule has 0 unspecified atom stereocenters. The number of β-amino-alcohol motifs (C(OH)–C–C–N with tert-alkyl or cyclic N) is 1. The fourth-order valence-corrected chi connectivity index (χ4v) is 18.2. The summed E-state index contributed by atoms with van der Waals surface area (Å²) in [5.74, 6) is -1.19. The van der Waals surface area contributed by atoms with Gasteiger partial charge in [-0.05, 0) is 165 Å². The molecular formula is C77H100ClF3N10O8S4. The fraction of sp³-hybridized carbons (Fsp3) is 0.506. The standard InChI is InChI=1S/C77H100ClF3N10O8S4/c1-53(55-18-20-57(21-19-55)70-54(2)83-52-101-70)84-73(94)68-46-63(92)50-91(68)74(95)71(75(3,4)5)82-35-14-9-8-10-15-36-87-38-40-88(41-39-87)37-33-61(51-100-64-16-12-11-13-17-64)85-67-31-30-65(47-69(67)102(96,97)77(79,80)81)103(98,99)86-72(93)58-24-28-62(29-25-58)90-44-42-89(43-45-90)49-59-48-76(6,7)34-32-66(59)56-22-26-60(78)27-23-56/h11-13,16-31,47,52-53,61,63,68,71,82,85,92H,8-10,14-15,32-46,48-51H2,1-7H3,(H,84,94)(H,86,93)/t53-,61+,63+,68-,71+/m0/s1. The molecule has 5 atom stereocenters. The minimum atomic E-state index is -6.13. The monoisotopic (exact) mass is 1510 g/mol. The Labute approximate surface area is 620 Å². The molecule has 0 saturated carbocycles. The summed E-state index contributed by atoms with van der Waals surface area (Å²) in [5.41, 5.74) is 3.17. The molecule has 5 aromatic carbocycles. The predicted octanol–water partition coefficient (Wildman–Crippen LogP) is 13.3. The van der Waals surface area contributed by atoms with Crippen molar-refractivity contribution in [2.75, 3.05) is 101 Å². The summed E-state index contributed by atoms with van der Waals surface area (Å²) < 4.78 is 100. The van der Waals surface area contributed by atoms with Crippen molar-refractivity contribution in [3.05, 3.63) is 160 Å². The zero-order chi connectivity index (χ0) is 73.9. The maximum Gasteiger partial charge on any atom is 0.501 e. The molecular weight excluding hydrogens is 1410 g/mol. The third-order valence-electron chi connectivity index (χ3n) is 20.3. The quantitative estimate of drug-likeness (QED) is 0.0209. The van der Waals surface area contributed by atoms with Crippen molar-refractivity contribution in [3.63, 3.8) is 0 Å². The number of aliphatic hydroxyl groups excluding tert-OH is 1. The lowest BCUT2D eigenvalue weighted by Gasteiger charge is -2.39. The van der Waals surface area contributed by atoms with Crippen molar-refractivity contribution in [2.24, 2.45) is 10.8 Å². The number of piperazine rings is 2. The molecule has 6 aromatic rings. The van der Waals surface area contributed by atoms with Gasteiger partial charge in [0, 0.05) is 111 Å². The number of anilines is 2. The number of benzene rings is 5. The summed E-state index contributed by atoms with van der Waals surface area (Å²) in [4.78, 5) is 56.9. The molecule has 558 valence electrons. The summed E-state index contributed by atoms with van der Waals surface area (Å²) in [5, 5.41) is 21.2. The van der Waals surface area contributed by atoms with Gasteiger partial charge in [0.2, 0.25) is 11.8 Å². The van der Waals surface area contributed by atoms with E-state index in [1.54, 1.807) is 28.4 Å². The van der Waals surface area contributed by atoms with Gasteiger partial charge in [-0.2, -0.15) is 13.2 Å². The zero-order valence-electron chi connectivity index (χ0n) is 60.1. The number of halogens is 4. The van der Waals surface area contributed by atoms with Gasteiger partial charge in [0.15, 0.2) is 0 Å². The van der Waals surface area contributed by atoms with Gasteiger partial charge >= 0.3 is 5.51 Å². The molecule has 3 amide bonds. The van der Waals surface area contributed by atoms with Gasteiger partial charge in [0.05, 0.1) is 44.9 Å². The number of amides is 3. The number of sulfonamides is 1. The molecule has 0 bridgehead atoms. The van der Waals surface area contributed by atoms with Crippen LogP contribution in [0.2, 0.25) is 5.02 Å². The number of carbonyl (C=O) groups excluding carboxylic acids is 3. The number of aryl methyl sites for hydroxylation is 1. The lowest BCUT2D eigenvalue weighted by molar-refractivity contribution is -0.142. The number of sulfone groups is 1. The first-order chi connectivity index (χ1) is 48.9. The maximum atomic E-state index is 14.6. The molecule has 1 aliphatic carbocycles. The van der Waals surface area contributed by atoms with Gasteiger partial charge in [-0.1, -0.05) is 126 Å². The largest absolute Gasteiger partial charge is 0.501 e. The van der Waals surface area contributed by atoms with Crippen LogP contribution in [-0.4, -0.2) is 185 Å². The maximum absolute atomic E-state index is 14.6. The van der Waals surface area contributed by atoms with Gasteiger partial charge in [-0.25, -0.2) is 26.5 Å². The van der Waals surface area contributed by atoms with E-state index in [-0.39, 0.29) is 41.8 Å². The second-order valence-electron chi connectivity index (χ2n) is 29.8. The number of carbonyl (C=O) groups is 3. The van der Waals surface area contributed by atoms with Crippen molar-refractivity contribution in [3.8, 4) is 10.4 Å². The molecule has 4 aliphatic rings. The number of aromatic nitrogens is 1. The Balaban J connectivity index is 0.676. The predicted molar refractivity (Wildman–Crippen MR) is 407 cm³/mol. The normalized spacial score (nSPS) is 19.1. The lowest BCUT2D eigenvalue weighted by Crippen LogP contribution is -2.56. The summed E-state index contributed by atoms with van der Waals surface area (Å²) in [6.07, 6.45) is 7.77. The topological polar surface area (TPSA) is 217 Å². The molecule has 103 heavy (non-hydrogen) atoms. The van der Waals surface area contributed by atoms with Crippen LogP contribution < -0.4 is 25.6 Å². The molecule has 4 heterocycles. The molecule has 3 saturated heterocycles. The van der Waals surface area contributed by atoms with Crippen LogP contribution in [0, 0.1) is 17.8 Å². The van der Waals surface area contributed by atoms with Gasteiger partial charge in [0.1, 0.15) is 10.9 Å². The van der Waals surface area contributed by atoms with Crippen LogP contribution in [0.5, 0.6) is 0 Å². The van der Waals surface area contributed by atoms with Crippen molar-refractivity contribution in [1.29, 1.82) is 0 Å². The van der Waals surface area contributed by atoms with Crippen LogP contribution >= 0.6 is 34.7 Å². The van der Waals surface area contributed by atoms with Crippen molar-refractivity contribution in [1.82, 2.24) is 39.9 Å². The van der Waals surface area contributed by atoms with Crippen LogP contribution in [0.25, 0.3) is 16.0 Å². The van der Waals surface area contributed by atoms with E-state index in [2.05, 4.69) is 66.5 Å². The molecule has 0 radical (unpaired) electrons. The number of rotatable bonds is 30. The highest BCUT2D eigenvalue weighted by molar-refractivity contribution is 7.99. The van der Waals surface area contributed by atoms with E-state index in [1.807, 2.05) is 112 Å². The first-order valence-electron chi connectivity index (χ1n) is 35.9. The molecule has 5 N–H and O–H groups in total. The number of thioether (sulfide) groups is 1. The van der Waals surface area contributed by atoms with Crippen molar-refractivity contribution < 1.29 is 49.5 Å². The Kier molecular flexibility index (Phi) is 26.8. The lowest BCUT2D eigenvalue weighted by atomic mass is 9.73. The molecule has 1 aromatic heterocycles. The van der Waals surface area contributed by atoms with Gasteiger partial charge in [-0.3, -0.25) is 19.3 Å². The highest BCUT2D eigenvalue weighted by Gasteiger charge is 2.49. The van der Waals surface area contributed by atoms with Gasteiger partial charge in [0.25, 0.3) is 25.8 Å². The van der Waals surface area contributed by atoms with Gasteiger partial charge in [-0.15, -0.1) is 23.1 Å². The third kappa shape index (κ3) is 21.2. The number of likely N-dealkylation sites (tertiary alicyclic amines) is 1. The second-order valence-corrected chi connectivity index (χ2v) is 35.7. The summed E-state index contributed by atoms with van der Waals surface area (Å²) in [7, 11) is -11.0. The number of unbranched alkanes of at least 4 members (excludes halogenated alkanes) is 4. The fourth-order valence-electron chi connectivity index (χ4n) is 14.3. The average Bonchev–Trinajstić information content (AvgIpc) is 1.61. The Morgan fingerprint density at radius 1 is 0.786 bits per heavy atom. The molecule has 18 nitrogen and oxygen atoms in total. The summed E-state index contributed by atoms with van der Waals surface area (Å²) >= 11 is 9.27. The molecule has 0 spiro atoms. The Bertz CT molecular complexity index is 4110. The smallest absolute Gasteiger partial charge is 0.391 e. The van der Waals surface area contributed by atoms with Crippen molar-refractivity contribution in [2.45, 2.75) is 163 Å². The van der Waals surface area contributed by atoms with E-state index in [0.717, 1.165) is 161 Å². The van der Waals surface area contributed by atoms with Crippen LogP contribution in [0.3, 0.4) is 0 Å². The molecule has 10 rings (SSSR count). The van der Waals surface area contributed by atoms with E-state index in [1.165, 1.54) is 40.6 Å². The van der Waals surface area contributed by atoms with Crippen LogP contribution in [0.15, 0.2) is 147 Å². The Morgan fingerprint density at radius 2 is 1.43 bits per heavy atom.